The molecule has 29 heavy (non-hydrogen) atoms. The second-order valence-electron chi connectivity index (χ2n) is 8.35. The van der Waals surface area contributed by atoms with E-state index in [4.69, 9.17) is 0 Å². The zero-order valence-electron chi connectivity index (χ0n) is 17.2. The van der Waals surface area contributed by atoms with Gasteiger partial charge < -0.3 is 9.47 Å². The highest BCUT2D eigenvalue weighted by Gasteiger charge is 2.28. The summed E-state index contributed by atoms with van der Waals surface area (Å²) in [5.41, 5.74) is 0.547. The van der Waals surface area contributed by atoms with Crippen molar-refractivity contribution in [2.45, 2.75) is 57.5 Å². The first-order valence-electron chi connectivity index (χ1n) is 10.7. The first-order chi connectivity index (χ1) is 14.1. The fourth-order valence-corrected chi connectivity index (χ4v) is 4.50. The maximum Gasteiger partial charge on any atom is 0.236 e. The van der Waals surface area contributed by atoms with Crippen molar-refractivity contribution in [3.63, 3.8) is 0 Å². The minimum atomic E-state index is -0.266. The Hall–Kier alpha value is -2.28. The molecule has 1 fully saturated rings. The van der Waals surface area contributed by atoms with E-state index in [1.165, 1.54) is 25.3 Å². The maximum absolute atomic E-state index is 13.9. The number of piperidine rings is 1. The standard InChI is InChI=1S/C22H30FN5O/c1-26(14-17-8-4-5-10-19(17)23)21(29)16-27-12-7-9-18(15-27)22-25-24-20-11-3-2-6-13-28(20)22/h4-5,8,10,18H,2-3,6-7,9,11-16H2,1H3. The van der Waals surface area contributed by atoms with Gasteiger partial charge in [0.1, 0.15) is 17.5 Å². The monoisotopic (exact) mass is 399 g/mol. The van der Waals surface area contributed by atoms with Gasteiger partial charge in [0.15, 0.2) is 0 Å². The van der Waals surface area contributed by atoms with Crippen LogP contribution in [-0.2, 0) is 24.3 Å². The summed E-state index contributed by atoms with van der Waals surface area (Å²) in [6.07, 6.45) is 6.79. The minimum Gasteiger partial charge on any atom is -0.340 e. The lowest BCUT2D eigenvalue weighted by atomic mass is 9.97. The van der Waals surface area contributed by atoms with E-state index in [9.17, 15) is 9.18 Å². The number of benzene rings is 1. The Labute approximate surface area is 171 Å². The Bertz CT molecular complexity index is 851. The van der Waals surface area contributed by atoms with Gasteiger partial charge in [0.05, 0.1) is 6.54 Å². The zero-order chi connectivity index (χ0) is 20.2. The van der Waals surface area contributed by atoms with Crippen LogP contribution >= 0.6 is 0 Å². The Kier molecular flexibility index (Phi) is 6.23. The van der Waals surface area contributed by atoms with Crippen LogP contribution in [0.25, 0.3) is 0 Å². The number of likely N-dealkylation sites (N-methyl/N-ethyl adjacent to an activating group) is 1. The normalized spacial score (nSPS) is 20.1. The molecule has 2 aromatic rings. The van der Waals surface area contributed by atoms with Crippen molar-refractivity contribution >= 4 is 5.91 Å². The van der Waals surface area contributed by atoms with Crippen molar-refractivity contribution in [3.8, 4) is 0 Å². The van der Waals surface area contributed by atoms with Gasteiger partial charge in [-0.1, -0.05) is 24.6 Å². The first kappa shape index (κ1) is 20.0. The zero-order valence-corrected chi connectivity index (χ0v) is 17.2. The van der Waals surface area contributed by atoms with Crippen molar-refractivity contribution in [1.29, 1.82) is 0 Å². The summed E-state index contributed by atoms with van der Waals surface area (Å²) in [6.45, 7) is 3.41. The molecule has 1 aromatic heterocycles. The highest BCUT2D eigenvalue weighted by molar-refractivity contribution is 5.78. The number of fused-ring (bicyclic) bond motifs is 1. The number of halogens is 1. The van der Waals surface area contributed by atoms with Crippen molar-refractivity contribution in [3.05, 3.63) is 47.3 Å². The van der Waals surface area contributed by atoms with Crippen molar-refractivity contribution in [1.82, 2.24) is 24.6 Å². The average molecular weight is 400 g/mol. The molecule has 7 heteroatoms. The molecule has 0 spiro atoms. The Morgan fingerprint density at radius 3 is 2.90 bits per heavy atom. The fraction of sp³-hybridized carbons (Fsp3) is 0.591. The number of carbonyl (C=O) groups is 1. The summed E-state index contributed by atoms with van der Waals surface area (Å²) in [7, 11) is 1.74. The number of amides is 1. The van der Waals surface area contributed by atoms with Crippen molar-refractivity contribution in [2.75, 3.05) is 26.7 Å². The minimum absolute atomic E-state index is 0.0222. The van der Waals surface area contributed by atoms with E-state index >= 15 is 0 Å². The molecule has 3 heterocycles. The summed E-state index contributed by atoms with van der Waals surface area (Å²) < 4.78 is 16.2. The van der Waals surface area contributed by atoms with Gasteiger partial charge in [-0.2, -0.15) is 0 Å². The lowest BCUT2D eigenvalue weighted by molar-refractivity contribution is -0.132. The van der Waals surface area contributed by atoms with Crippen LogP contribution < -0.4 is 0 Å². The SMILES string of the molecule is CN(Cc1ccccc1F)C(=O)CN1CCCC(c2nnc3n2CCCCC3)C1. The Balaban J connectivity index is 1.37. The molecule has 1 atom stereocenters. The molecular weight excluding hydrogens is 369 g/mol. The summed E-state index contributed by atoms with van der Waals surface area (Å²) in [5.74, 6) is 2.30. The predicted octanol–water partition coefficient (Wildman–Crippen LogP) is 2.98. The Morgan fingerprint density at radius 2 is 2.03 bits per heavy atom. The summed E-state index contributed by atoms with van der Waals surface area (Å²) in [5, 5.41) is 8.97. The van der Waals surface area contributed by atoms with Gasteiger partial charge in [-0.05, 0) is 38.3 Å². The Morgan fingerprint density at radius 1 is 1.17 bits per heavy atom. The van der Waals surface area contributed by atoms with Crippen molar-refractivity contribution < 1.29 is 9.18 Å². The van der Waals surface area contributed by atoms with Gasteiger partial charge in [-0.15, -0.1) is 10.2 Å². The topological polar surface area (TPSA) is 54.3 Å². The molecule has 2 aliphatic heterocycles. The predicted molar refractivity (Wildman–Crippen MR) is 109 cm³/mol. The molecule has 0 radical (unpaired) electrons. The smallest absolute Gasteiger partial charge is 0.236 e. The number of carbonyl (C=O) groups excluding carboxylic acids is 1. The second-order valence-corrected chi connectivity index (χ2v) is 8.35. The molecule has 1 amide bonds. The third kappa shape index (κ3) is 4.66. The number of aryl methyl sites for hydroxylation is 1. The van der Waals surface area contributed by atoms with E-state index in [0.717, 1.165) is 50.5 Å². The van der Waals surface area contributed by atoms with Crippen LogP contribution in [0.5, 0.6) is 0 Å². The van der Waals surface area contributed by atoms with Crippen LogP contribution in [0.15, 0.2) is 24.3 Å². The van der Waals surface area contributed by atoms with Gasteiger partial charge >= 0.3 is 0 Å². The molecule has 1 unspecified atom stereocenters. The molecule has 0 N–H and O–H groups in total. The lowest BCUT2D eigenvalue weighted by Gasteiger charge is -2.33. The molecule has 1 saturated heterocycles. The quantitative estimate of drug-likeness (QED) is 0.776. The van der Waals surface area contributed by atoms with E-state index in [0.29, 0.717) is 24.6 Å². The molecular formula is C22H30FN5O. The maximum atomic E-state index is 13.9. The van der Waals surface area contributed by atoms with E-state index in [1.54, 1.807) is 30.1 Å². The van der Waals surface area contributed by atoms with E-state index < -0.39 is 0 Å². The average Bonchev–Trinajstić information content (AvgIpc) is 2.98. The molecule has 6 nitrogen and oxygen atoms in total. The van der Waals surface area contributed by atoms with Gasteiger partial charge in [0.2, 0.25) is 5.91 Å². The van der Waals surface area contributed by atoms with E-state index in [-0.39, 0.29) is 11.7 Å². The summed E-state index contributed by atoms with van der Waals surface area (Å²) in [4.78, 5) is 16.6. The van der Waals surface area contributed by atoms with Crippen LogP contribution in [0.2, 0.25) is 0 Å². The van der Waals surface area contributed by atoms with Crippen molar-refractivity contribution in [2.24, 2.45) is 0 Å². The first-order valence-corrected chi connectivity index (χ1v) is 10.7. The molecule has 2 aliphatic rings. The van der Waals surface area contributed by atoms with Gasteiger partial charge in [-0.25, -0.2) is 4.39 Å². The van der Waals surface area contributed by atoms with E-state index in [2.05, 4.69) is 19.7 Å². The van der Waals surface area contributed by atoms with E-state index in [1.807, 2.05) is 0 Å². The van der Waals surface area contributed by atoms with Gasteiger partial charge in [-0.3, -0.25) is 9.69 Å². The van der Waals surface area contributed by atoms with Crippen LogP contribution in [0.4, 0.5) is 4.39 Å². The fourth-order valence-electron chi connectivity index (χ4n) is 4.50. The third-order valence-corrected chi connectivity index (χ3v) is 6.16. The van der Waals surface area contributed by atoms with Crippen LogP contribution in [0, 0.1) is 5.82 Å². The summed E-state index contributed by atoms with van der Waals surface area (Å²) >= 11 is 0. The largest absolute Gasteiger partial charge is 0.340 e. The summed E-state index contributed by atoms with van der Waals surface area (Å²) in [6, 6.07) is 6.63. The molecule has 1 aromatic carbocycles. The lowest BCUT2D eigenvalue weighted by Crippen LogP contribution is -2.43. The number of rotatable bonds is 5. The molecule has 0 saturated carbocycles. The molecule has 156 valence electrons. The third-order valence-electron chi connectivity index (χ3n) is 6.16. The van der Waals surface area contributed by atoms with Gasteiger partial charge in [0, 0.05) is 44.6 Å². The highest BCUT2D eigenvalue weighted by atomic mass is 19.1. The van der Waals surface area contributed by atoms with Gasteiger partial charge in [0.25, 0.3) is 0 Å². The highest BCUT2D eigenvalue weighted by Crippen LogP contribution is 2.28. The number of nitrogens with zero attached hydrogens (tertiary/aromatic N) is 5. The van der Waals surface area contributed by atoms with Crippen LogP contribution in [0.1, 0.15) is 55.2 Å². The number of hydrogen-bond donors (Lipinski definition) is 0. The van der Waals surface area contributed by atoms with Crippen LogP contribution in [0.3, 0.4) is 0 Å². The molecule has 0 bridgehead atoms. The molecule has 4 rings (SSSR count). The second kappa shape index (κ2) is 9.03. The number of likely N-dealkylation sites (tertiary alicyclic amines) is 1. The number of aromatic nitrogens is 3. The van der Waals surface area contributed by atoms with Crippen LogP contribution in [-0.4, -0.2) is 57.2 Å². The number of hydrogen-bond acceptors (Lipinski definition) is 4. The molecule has 0 aliphatic carbocycles.